The molecule has 0 amide bonds. The van der Waals surface area contributed by atoms with Crippen molar-refractivity contribution in [2.45, 2.75) is 32.3 Å². The van der Waals surface area contributed by atoms with Gasteiger partial charge in [-0.25, -0.2) is 4.98 Å². The third kappa shape index (κ3) is 2.23. The number of para-hydroxylation sites is 1. The van der Waals surface area contributed by atoms with Crippen LogP contribution in [0.1, 0.15) is 43.1 Å². The molecule has 2 N–H and O–H groups in total. The second-order valence-electron chi connectivity index (χ2n) is 4.98. The minimum atomic E-state index is -0.166. The van der Waals surface area contributed by atoms with Crippen LogP contribution in [-0.2, 0) is 6.42 Å². The van der Waals surface area contributed by atoms with Gasteiger partial charge in [-0.15, -0.1) is 0 Å². The molecule has 0 radical (unpaired) electrons. The van der Waals surface area contributed by atoms with Crippen LogP contribution in [0.2, 0.25) is 0 Å². The molecule has 1 aromatic heterocycles. The molecule has 1 aliphatic rings. The summed E-state index contributed by atoms with van der Waals surface area (Å²) in [5.74, 6) is 2.70. The fourth-order valence-electron chi connectivity index (χ4n) is 2.16. The Balaban J connectivity index is 1.93. The summed E-state index contributed by atoms with van der Waals surface area (Å²) >= 11 is 0. The molecule has 0 aliphatic carbocycles. The number of benzene rings is 1. The third-order valence-corrected chi connectivity index (χ3v) is 3.14. The van der Waals surface area contributed by atoms with E-state index >= 15 is 0 Å². The van der Waals surface area contributed by atoms with Crippen molar-refractivity contribution < 1.29 is 4.74 Å². The van der Waals surface area contributed by atoms with Gasteiger partial charge in [0.15, 0.2) is 11.9 Å². The zero-order chi connectivity index (χ0) is 13.4. The van der Waals surface area contributed by atoms with E-state index in [1.54, 1.807) is 0 Å². The maximum absolute atomic E-state index is 5.87. The van der Waals surface area contributed by atoms with Crippen LogP contribution in [0.5, 0.6) is 5.75 Å². The van der Waals surface area contributed by atoms with Crippen molar-refractivity contribution in [2.75, 3.05) is 5.73 Å². The number of fused-ring (bicyclic) bond motifs is 1. The third-order valence-electron chi connectivity index (χ3n) is 3.14. The van der Waals surface area contributed by atoms with Crippen molar-refractivity contribution >= 4 is 5.95 Å². The number of anilines is 1. The highest BCUT2D eigenvalue weighted by Gasteiger charge is 2.27. The summed E-state index contributed by atoms with van der Waals surface area (Å²) < 4.78 is 5.87. The molecular formula is C14H16N4O. The highest BCUT2D eigenvalue weighted by atomic mass is 16.5. The smallest absolute Gasteiger partial charge is 0.223 e. The maximum Gasteiger partial charge on any atom is 0.223 e. The topological polar surface area (TPSA) is 73.9 Å². The number of nitrogens with zero attached hydrogens (tertiary/aromatic N) is 3. The van der Waals surface area contributed by atoms with E-state index in [0.717, 1.165) is 12.2 Å². The molecule has 0 spiro atoms. The second-order valence-corrected chi connectivity index (χ2v) is 4.98. The van der Waals surface area contributed by atoms with Crippen molar-refractivity contribution in [1.29, 1.82) is 0 Å². The Kier molecular flexibility index (Phi) is 2.81. The molecule has 19 heavy (non-hydrogen) atoms. The molecule has 0 fully saturated rings. The Bertz CT molecular complexity index is 587. The van der Waals surface area contributed by atoms with Crippen LogP contribution in [0, 0.1) is 0 Å². The predicted molar refractivity (Wildman–Crippen MR) is 71.8 cm³/mol. The van der Waals surface area contributed by atoms with Gasteiger partial charge in [0.05, 0.1) is 0 Å². The summed E-state index contributed by atoms with van der Waals surface area (Å²) in [6, 6.07) is 7.99. The van der Waals surface area contributed by atoms with Gasteiger partial charge in [0, 0.05) is 12.3 Å². The summed E-state index contributed by atoms with van der Waals surface area (Å²) in [7, 11) is 0. The van der Waals surface area contributed by atoms with E-state index in [1.807, 2.05) is 32.0 Å². The molecule has 0 saturated heterocycles. The average molecular weight is 256 g/mol. The fourth-order valence-corrected chi connectivity index (χ4v) is 2.16. The van der Waals surface area contributed by atoms with E-state index in [1.165, 1.54) is 5.56 Å². The van der Waals surface area contributed by atoms with Crippen molar-refractivity contribution in [3.63, 3.8) is 0 Å². The molecular weight excluding hydrogens is 240 g/mol. The van der Waals surface area contributed by atoms with Crippen molar-refractivity contribution in [3.05, 3.63) is 41.5 Å². The molecule has 1 aliphatic heterocycles. The molecule has 1 atom stereocenters. The largest absolute Gasteiger partial charge is 0.482 e. The number of aromatic nitrogens is 3. The van der Waals surface area contributed by atoms with Gasteiger partial charge in [0.2, 0.25) is 5.95 Å². The summed E-state index contributed by atoms with van der Waals surface area (Å²) in [6.07, 6.45) is 0.608. The highest BCUT2D eigenvalue weighted by Crippen LogP contribution is 2.35. The van der Waals surface area contributed by atoms with Crippen LogP contribution < -0.4 is 10.5 Å². The molecule has 5 nitrogen and oxygen atoms in total. The molecule has 5 heteroatoms. The molecule has 0 saturated carbocycles. The first-order valence-corrected chi connectivity index (χ1v) is 6.39. The Hall–Kier alpha value is -2.17. The van der Waals surface area contributed by atoms with Crippen LogP contribution in [0.4, 0.5) is 5.95 Å². The van der Waals surface area contributed by atoms with Gasteiger partial charge >= 0.3 is 0 Å². The summed E-state index contributed by atoms with van der Waals surface area (Å²) in [5, 5.41) is 0. The molecule has 1 aromatic carbocycles. The van der Waals surface area contributed by atoms with Crippen molar-refractivity contribution in [1.82, 2.24) is 15.0 Å². The van der Waals surface area contributed by atoms with Crippen molar-refractivity contribution in [2.24, 2.45) is 0 Å². The first-order valence-electron chi connectivity index (χ1n) is 6.39. The lowest BCUT2D eigenvalue weighted by Gasteiger charge is -2.12. The van der Waals surface area contributed by atoms with E-state index in [0.29, 0.717) is 11.6 Å². The van der Waals surface area contributed by atoms with E-state index in [9.17, 15) is 0 Å². The lowest BCUT2D eigenvalue weighted by atomic mass is 10.1. The number of nitrogens with two attached hydrogens (primary N) is 1. The summed E-state index contributed by atoms with van der Waals surface area (Å²) in [4.78, 5) is 12.8. The second kappa shape index (κ2) is 4.50. The van der Waals surface area contributed by atoms with Crippen LogP contribution >= 0.6 is 0 Å². The van der Waals surface area contributed by atoms with E-state index in [2.05, 4.69) is 21.0 Å². The van der Waals surface area contributed by atoms with Gasteiger partial charge in [-0.1, -0.05) is 32.0 Å². The van der Waals surface area contributed by atoms with Crippen LogP contribution in [0.15, 0.2) is 24.3 Å². The average Bonchev–Trinajstić information content (AvgIpc) is 2.81. The van der Waals surface area contributed by atoms with Gasteiger partial charge in [0.25, 0.3) is 0 Å². The maximum atomic E-state index is 5.87. The van der Waals surface area contributed by atoms with Gasteiger partial charge in [-0.2, -0.15) is 9.97 Å². The van der Waals surface area contributed by atoms with Crippen LogP contribution in [-0.4, -0.2) is 15.0 Å². The highest BCUT2D eigenvalue weighted by molar-refractivity contribution is 5.38. The number of nitrogen functional groups attached to an aromatic ring is 1. The monoisotopic (exact) mass is 256 g/mol. The minimum absolute atomic E-state index is 0.166. The number of rotatable bonds is 2. The van der Waals surface area contributed by atoms with E-state index in [4.69, 9.17) is 10.5 Å². The molecule has 1 unspecified atom stereocenters. The Labute approximate surface area is 111 Å². The summed E-state index contributed by atoms with van der Waals surface area (Å²) in [6.45, 7) is 4.06. The van der Waals surface area contributed by atoms with Gasteiger partial charge in [-0.05, 0) is 11.6 Å². The normalized spacial score (nSPS) is 17.3. The number of ether oxygens (including phenoxy) is 1. The van der Waals surface area contributed by atoms with Gasteiger partial charge in [-0.3, -0.25) is 0 Å². The zero-order valence-corrected chi connectivity index (χ0v) is 11.0. The predicted octanol–water partition coefficient (Wildman–Crippen LogP) is 2.25. The van der Waals surface area contributed by atoms with E-state index < -0.39 is 0 Å². The van der Waals surface area contributed by atoms with E-state index in [-0.39, 0.29) is 18.0 Å². The fraction of sp³-hybridized carbons (Fsp3) is 0.357. The molecule has 0 bridgehead atoms. The Morgan fingerprint density at radius 2 is 2.00 bits per heavy atom. The zero-order valence-electron chi connectivity index (χ0n) is 11.0. The van der Waals surface area contributed by atoms with Gasteiger partial charge in [0.1, 0.15) is 11.6 Å². The lowest BCUT2D eigenvalue weighted by molar-refractivity contribution is 0.226. The standard InChI is InChI=1S/C14H16N4O/c1-8(2)12-16-13(18-14(15)17-12)11-7-9-5-3-4-6-10(9)19-11/h3-6,8,11H,7H2,1-2H3,(H2,15,16,17,18). The first-order chi connectivity index (χ1) is 9.13. The lowest BCUT2D eigenvalue weighted by Crippen LogP contribution is -2.14. The van der Waals surface area contributed by atoms with Crippen LogP contribution in [0.25, 0.3) is 0 Å². The Morgan fingerprint density at radius 3 is 2.74 bits per heavy atom. The SMILES string of the molecule is CC(C)c1nc(N)nc(C2Cc3ccccc3O2)n1. The number of hydrogen-bond donors (Lipinski definition) is 1. The minimum Gasteiger partial charge on any atom is -0.482 e. The van der Waals surface area contributed by atoms with Crippen LogP contribution in [0.3, 0.4) is 0 Å². The van der Waals surface area contributed by atoms with Crippen molar-refractivity contribution in [3.8, 4) is 5.75 Å². The molecule has 3 rings (SSSR count). The Morgan fingerprint density at radius 1 is 1.21 bits per heavy atom. The first kappa shape index (κ1) is 11.9. The van der Waals surface area contributed by atoms with Gasteiger partial charge < -0.3 is 10.5 Å². The number of hydrogen-bond acceptors (Lipinski definition) is 5. The summed E-state index contributed by atoms with van der Waals surface area (Å²) in [5.41, 5.74) is 6.93. The molecule has 2 heterocycles. The quantitative estimate of drug-likeness (QED) is 0.892. The molecule has 2 aromatic rings. The molecule has 98 valence electrons.